The molecule has 1 aliphatic heterocycles. The number of aliphatic hydroxyl groups excluding tert-OH is 1. The predicted octanol–water partition coefficient (Wildman–Crippen LogP) is 6.50. The molecule has 0 spiro atoms. The van der Waals surface area contributed by atoms with Crippen LogP contribution >= 0.6 is 0 Å². The minimum atomic E-state index is -0.863. The van der Waals surface area contributed by atoms with Crippen molar-refractivity contribution in [3.63, 3.8) is 0 Å². The second-order valence-corrected chi connectivity index (χ2v) is 10.6. The molecule has 1 aromatic heterocycles. The van der Waals surface area contributed by atoms with E-state index >= 15 is 0 Å². The third-order valence-electron chi connectivity index (χ3n) is 7.05. The second-order valence-electron chi connectivity index (χ2n) is 10.6. The Labute approximate surface area is 227 Å². The monoisotopic (exact) mass is 524 g/mol. The number of nitrogens with zero attached hydrogens (tertiary/aromatic N) is 1. The van der Waals surface area contributed by atoms with Crippen LogP contribution < -0.4 is 14.4 Å². The lowest BCUT2D eigenvalue weighted by Crippen LogP contribution is -2.29. The Hall–Kier alpha value is -4.52. The van der Waals surface area contributed by atoms with Gasteiger partial charge in [0.25, 0.3) is 11.7 Å². The number of fused-ring (bicyclic) bond motifs is 1. The third-order valence-corrected chi connectivity index (χ3v) is 7.05. The summed E-state index contributed by atoms with van der Waals surface area (Å²) in [6.45, 7) is 8.48. The molecule has 0 bridgehead atoms. The number of rotatable bonds is 6. The molecule has 1 amide bonds. The van der Waals surface area contributed by atoms with Crippen LogP contribution in [0.3, 0.4) is 0 Å². The molecule has 2 N–H and O–H groups in total. The zero-order valence-electron chi connectivity index (χ0n) is 22.7. The van der Waals surface area contributed by atoms with Gasteiger partial charge in [-0.25, -0.2) is 0 Å². The van der Waals surface area contributed by atoms with Crippen molar-refractivity contribution in [3.8, 4) is 11.5 Å². The first kappa shape index (κ1) is 26.1. The van der Waals surface area contributed by atoms with Crippen LogP contribution in [0.1, 0.15) is 50.4 Å². The maximum absolute atomic E-state index is 13.7. The SMILES string of the molecule is CCOc1cccc(N2C(=O)C(=O)/C(=C(/O)c3ccc(OC)c(C(C)(C)C)c3)C2c2c[nH]c3ccccc23)c1. The van der Waals surface area contributed by atoms with Crippen molar-refractivity contribution >= 4 is 34.0 Å². The quantitative estimate of drug-likeness (QED) is 0.171. The van der Waals surface area contributed by atoms with Gasteiger partial charge in [0, 0.05) is 45.5 Å². The number of aliphatic hydroxyl groups is 1. The van der Waals surface area contributed by atoms with E-state index in [-0.39, 0.29) is 16.7 Å². The number of carbonyl (C=O) groups excluding carboxylic acids is 2. The van der Waals surface area contributed by atoms with Crippen molar-refractivity contribution in [2.24, 2.45) is 0 Å². The summed E-state index contributed by atoms with van der Waals surface area (Å²) >= 11 is 0. The van der Waals surface area contributed by atoms with Gasteiger partial charge in [0.15, 0.2) is 0 Å². The van der Waals surface area contributed by atoms with E-state index in [4.69, 9.17) is 9.47 Å². The Bertz CT molecular complexity index is 1610. The summed E-state index contributed by atoms with van der Waals surface area (Å²) in [6, 6.07) is 19.2. The van der Waals surface area contributed by atoms with Crippen molar-refractivity contribution in [2.75, 3.05) is 18.6 Å². The van der Waals surface area contributed by atoms with E-state index in [0.717, 1.165) is 16.5 Å². The smallest absolute Gasteiger partial charge is 0.300 e. The summed E-state index contributed by atoms with van der Waals surface area (Å²) in [6.07, 6.45) is 1.79. The molecular formula is C32H32N2O5. The lowest BCUT2D eigenvalue weighted by Gasteiger charge is -2.26. The van der Waals surface area contributed by atoms with Crippen molar-refractivity contribution in [2.45, 2.75) is 39.2 Å². The molecule has 0 radical (unpaired) electrons. The number of benzene rings is 3. The topological polar surface area (TPSA) is 91.9 Å². The van der Waals surface area contributed by atoms with Gasteiger partial charge in [0.2, 0.25) is 0 Å². The van der Waals surface area contributed by atoms with Crippen LogP contribution in [0, 0.1) is 0 Å². The average Bonchev–Trinajstić information content (AvgIpc) is 3.46. The van der Waals surface area contributed by atoms with E-state index in [2.05, 4.69) is 4.98 Å². The van der Waals surface area contributed by atoms with Gasteiger partial charge in [-0.1, -0.05) is 45.0 Å². The second kappa shape index (κ2) is 9.98. The van der Waals surface area contributed by atoms with Crippen LogP contribution in [0.15, 0.2) is 78.5 Å². The number of anilines is 1. The van der Waals surface area contributed by atoms with E-state index < -0.39 is 17.7 Å². The highest BCUT2D eigenvalue weighted by Crippen LogP contribution is 2.45. The van der Waals surface area contributed by atoms with Gasteiger partial charge in [-0.15, -0.1) is 0 Å². The Balaban J connectivity index is 1.76. The van der Waals surface area contributed by atoms with Gasteiger partial charge in [-0.2, -0.15) is 0 Å². The number of aromatic amines is 1. The molecular weight excluding hydrogens is 492 g/mol. The number of ketones is 1. The maximum Gasteiger partial charge on any atom is 0.300 e. The number of aromatic nitrogens is 1. The number of para-hydroxylation sites is 1. The Morgan fingerprint density at radius 3 is 2.51 bits per heavy atom. The molecule has 1 fully saturated rings. The van der Waals surface area contributed by atoms with Crippen molar-refractivity contribution in [3.05, 3.63) is 95.2 Å². The lowest BCUT2D eigenvalue weighted by atomic mass is 9.84. The highest BCUT2D eigenvalue weighted by molar-refractivity contribution is 6.52. The first-order valence-electron chi connectivity index (χ1n) is 12.9. The maximum atomic E-state index is 13.7. The van der Waals surface area contributed by atoms with Crippen LogP contribution in [-0.2, 0) is 15.0 Å². The van der Waals surface area contributed by atoms with Gasteiger partial charge in [-0.3, -0.25) is 14.5 Å². The first-order valence-corrected chi connectivity index (χ1v) is 12.9. The van der Waals surface area contributed by atoms with Crippen LogP contribution in [0.25, 0.3) is 16.7 Å². The van der Waals surface area contributed by atoms with Gasteiger partial charge in [0.1, 0.15) is 17.3 Å². The molecule has 3 aromatic carbocycles. The van der Waals surface area contributed by atoms with Gasteiger partial charge in [-0.05, 0) is 48.7 Å². The molecule has 1 unspecified atom stereocenters. The number of carbonyl (C=O) groups is 2. The zero-order chi connectivity index (χ0) is 27.9. The van der Waals surface area contributed by atoms with Gasteiger partial charge >= 0.3 is 0 Å². The molecule has 1 aliphatic rings. The number of methoxy groups -OCH3 is 1. The summed E-state index contributed by atoms with van der Waals surface area (Å²) in [5, 5.41) is 12.6. The van der Waals surface area contributed by atoms with E-state index in [9.17, 15) is 14.7 Å². The molecule has 7 nitrogen and oxygen atoms in total. The largest absolute Gasteiger partial charge is 0.507 e. The van der Waals surface area contributed by atoms with E-state index in [1.807, 2.05) is 58.0 Å². The average molecular weight is 525 g/mol. The number of H-pyrrole nitrogens is 1. The van der Waals surface area contributed by atoms with Crippen molar-refractivity contribution in [1.29, 1.82) is 0 Å². The highest BCUT2D eigenvalue weighted by Gasteiger charge is 2.48. The number of hydrogen-bond acceptors (Lipinski definition) is 5. The fourth-order valence-corrected chi connectivity index (χ4v) is 5.20. The molecule has 1 atom stereocenters. The van der Waals surface area contributed by atoms with Gasteiger partial charge in [0.05, 0.1) is 25.3 Å². The summed E-state index contributed by atoms with van der Waals surface area (Å²) in [5.41, 5.74) is 3.12. The van der Waals surface area contributed by atoms with Crippen LogP contribution in [0.2, 0.25) is 0 Å². The fourth-order valence-electron chi connectivity index (χ4n) is 5.20. The first-order chi connectivity index (χ1) is 18.7. The van der Waals surface area contributed by atoms with Crippen LogP contribution in [-0.4, -0.2) is 35.5 Å². The predicted molar refractivity (Wildman–Crippen MR) is 152 cm³/mol. The number of hydrogen-bond donors (Lipinski definition) is 2. The standard InChI is InChI=1S/C32H32N2O5/c1-6-39-21-11-9-10-20(17-21)34-28(23-18-33-25-13-8-7-12-22(23)25)27(30(36)31(34)37)29(35)19-14-15-26(38-5)24(16-19)32(2,3)4/h7-18,28,33,35H,6H2,1-5H3/b29-27+. The Morgan fingerprint density at radius 1 is 1.03 bits per heavy atom. The number of nitrogens with one attached hydrogen (secondary N) is 1. The minimum absolute atomic E-state index is 0.0246. The zero-order valence-corrected chi connectivity index (χ0v) is 22.7. The van der Waals surface area contributed by atoms with Gasteiger partial charge < -0.3 is 19.6 Å². The third kappa shape index (κ3) is 4.54. The van der Waals surface area contributed by atoms with Crippen molar-refractivity contribution in [1.82, 2.24) is 4.98 Å². The molecule has 0 aliphatic carbocycles. The number of Topliss-reactive ketones (excluding diaryl/α,β-unsaturated/α-hetero) is 1. The molecule has 200 valence electrons. The van der Waals surface area contributed by atoms with E-state index in [0.29, 0.717) is 34.9 Å². The lowest BCUT2D eigenvalue weighted by molar-refractivity contribution is -0.132. The van der Waals surface area contributed by atoms with Crippen LogP contribution in [0.4, 0.5) is 5.69 Å². The normalized spacial score (nSPS) is 17.2. The molecule has 1 saturated heterocycles. The highest BCUT2D eigenvalue weighted by atomic mass is 16.5. The van der Waals surface area contributed by atoms with Crippen LogP contribution in [0.5, 0.6) is 11.5 Å². The molecule has 7 heteroatoms. The van der Waals surface area contributed by atoms with E-state index in [1.165, 1.54) is 4.90 Å². The van der Waals surface area contributed by atoms with Crippen molar-refractivity contribution < 1.29 is 24.2 Å². The summed E-state index contributed by atoms with van der Waals surface area (Å²) in [4.78, 5) is 32.0. The summed E-state index contributed by atoms with van der Waals surface area (Å²) in [7, 11) is 1.60. The molecule has 5 rings (SSSR count). The van der Waals surface area contributed by atoms with E-state index in [1.54, 1.807) is 49.7 Å². The number of amides is 1. The Morgan fingerprint density at radius 2 is 1.79 bits per heavy atom. The molecule has 4 aromatic rings. The Kier molecular flexibility index (Phi) is 6.68. The molecule has 2 heterocycles. The number of ether oxygens (including phenoxy) is 2. The summed E-state index contributed by atoms with van der Waals surface area (Å²) < 4.78 is 11.2. The fraction of sp³-hybridized carbons (Fsp3) is 0.250. The summed E-state index contributed by atoms with van der Waals surface area (Å²) in [5.74, 6) is -0.442. The minimum Gasteiger partial charge on any atom is -0.507 e. The molecule has 39 heavy (non-hydrogen) atoms. The molecule has 0 saturated carbocycles.